The second-order valence-corrected chi connectivity index (χ2v) is 6.30. The molecule has 0 aliphatic rings. The van der Waals surface area contributed by atoms with E-state index in [4.69, 9.17) is 0 Å². The van der Waals surface area contributed by atoms with Crippen molar-refractivity contribution in [2.75, 3.05) is 6.54 Å². The van der Waals surface area contributed by atoms with Crippen LogP contribution in [0.1, 0.15) is 51.7 Å². The molecule has 3 heteroatoms. The molecule has 0 unspecified atom stereocenters. The normalized spacial score (nSPS) is 11.7. The number of nitrogens with one attached hydrogen (secondary N) is 2. The average Bonchev–Trinajstić information content (AvgIpc) is 2.27. The number of rotatable bonds is 5. The summed E-state index contributed by atoms with van der Waals surface area (Å²) in [5.74, 6) is 0.589. The largest absolute Gasteiger partial charge is 0.350 e. The van der Waals surface area contributed by atoms with Gasteiger partial charge in [0.25, 0.3) is 0 Å². The maximum Gasteiger partial charge on any atom is 0.234 e. The third-order valence-electron chi connectivity index (χ3n) is 2.78. The van der Waals surface area contributed by atoms with Gasteiger partial charge in [-0.15, -0.1) is 0 Å². The van der Waals surface area contributed by atoms with E-state index in [0.29, 0.717) is 12.5 Å². The van der Waals surface area contributed by atoms with Gasteiger partial charge in [0.15, 0.2) is 0 Å². The Morgan fingerprint density at radius 1 is 1.16 bits per heavy atom. The molecule has 0 spiro atoms. The lowest BCUT2D eigenvalue weighted by molar-refractivity contribution is -0.121. The quantitative estimate of drug-likeness (QED) is 0.856. The van der Waals surface area contributed by atoms with Crippen molar-refractivity contribution >= 4 is 5.91 Å². The maximum atomic E-state index is 11.6. The van der Waals surface area contributed by atoms with Gasteiger partial charge in [0.05, 0.1) is 6.54 Å². The van der Waals surface area contributed by atoms with Crippen LogP contribution in [0.25, 0.3) is 0 Å². The Labute approximate surface area is 116 Å². The summed E-state index contributed by atoms with van der Waals surface area (Å²) in [6, 6.07) is 8.53. The lowest BCUT2D eigenvalue weighted by Crippen LogP contribution is -2.44. The minimum Gasteiger partial charge on any atom is -0.350 e. The number of hydrogen-bond acceptors (Lipinski definition) is 2. The van der Waals surface area contributed by atoms with Crippen molar-refractivity contribution in [1.29, 1.82) is 0 Å². The highest BCUT2D eigenvalue weighted by atomic mass is 16.2. The van der Waals surface area contributed by atoms with Gasteiger partial charge in [-0.2, -0.15) is 0 Å². The van der Waals surface area contributed by atoms with Gasteiger partial charge in [0, 0.05) is 12.1 Å². The standard InChI is InChI=1S/C16H26N2O/c1-12(2)14-8-6-13(7-9-14)10-17-11-15(19)18-16(3,4)5/h6-9,12,17H,10-11H2,1-5H3,(H,18,19). The molecular formula is C16H26N2O. The summed E-state index contributed by atoms with van der Waals surface area (Å²) in [6.45, 7) is 11.4. The highest BCUT2D eigenvalue weighted by molar-refractivity contribution is 5.78. The van der Waals surface area contributed by atoms with E-state index in [1.165, 1.54) is 11.1 Å². The van der Waals surface area contributed by atoms with Gasteiger partial charge in [-0.05, 0) is 37.8 Å². The monoisotopic (exact) mass is 262 g/mol. The molecule has 1 amide bonds. The van der Waals surface area contributed by atoms with Crippen molar-refractivity contribution in [2.45, 2.75) is 52.6 Å². The van der Waals surface area contributed by atoms with E-state index in [2.05, 4.69) is 48.7 Å². The molecule has 0 atom stereocenters. The van der Waals surface area contributed by atoms with Crippen LogP contribution in [-0.2, 0) is 11.3 Å². The molecule has 3 nitrogen and oxygen atoms in total. The summed E-state index contributed by atoms with van der Waals surface area (Å²) in [7, 11) is 0. The fraction of sp³-hybridized carbons (Fsp3) is 0.562. The van der Waals surface area contributed by atoms with Crippen molar-refractivity contribution in [3.8, 4) is 0 Å². The van der Waals surface area contributed by atoms with Crippen molar-refractivity contribution in [3.63, 3.8) is 0 Å². The molecule has 0 aromatic heterocycles. The van der Waals surface area contributed by atoms with Crippen LogP contribution in [0.15, 0.2) is 24.3 Å². The average molecular weight is 262 g/mol. The number of hydrogen-bond donors (Lipinski definition) is 2. The van der Waals surface area contributed by atoms with E-state index >= 15 is 0 Å². The van der Waals surface area contributed by atoms with Crippen molar-refractivity contribution in [2.24, 2.45) is 0 Å². The van der Waals surface area contributed by atoms with Crippen LogP contribution < -0.4 is 10.6 Å². The third kappa shape index (κ3) is 6.39. The Morgan fingerprint density at radius 3 is 2.21 bits per heavy atom. The van der Waals surface area contributed by atoms with E-state index in [-0.39, 0.29) is 11.4 Å². The second-order valence-electron chi connectivity index (χ2n) is 6.30. The molecule has 1 aromatic rings. The molecular weight excluding hydrogens is 236 g/mol. The third-order valence-corrected chi connectivity index (χ3v) is 2.78. The fourth-order valence-corrected chi connectivity index (χ4v) is 1.80. The predicted molar refractivity (Wildman–Crippen MR) is 80.1 cm³/mol. The molecule has 19 heavy (non-hydrogen) atoms. The Kier molecular flexibility index (Phi) is 5.55. The molecule has 0 saturated heterocycles. The molecule has 0 heterocycles. The predicted octanol–water partition coefficient (Wildman–Crippen LogP) is 2.81. The van der Waals surface area contributed by atoms with Gasteiger partial charge >= 0.3 is 0 Å². The zero-order valence-corrected chi connectivity index (χ0v) is 12.7. The summed E-state index contributed by atoms with van der Waals surface area (Å²) in [5.41, 5.74) is 2.37. The first-order valence-corrected chi connectivity index (χ1v) is 6.88. The minimum atomic E-state index is -0.169. The van der Waals surface area contributed by atoms with Gasteiger partial charge in [-0.1, -0.05) is 38.1 Å². The van der Waals surface area contributed by atoms with Gasteiger partial charge < -0.3 is 10.6 Å². The molecule has 0 saturated carbocycles. The molecule has 2 N–H and O–H groups in total. The zero-order valence-electron chi connectivity index (χ0n) is 12.7. The Bertz CT molecular complexity index is 402. The molecule has 0 bridgehead atoms. The number of amides is 1. The van der Waals surface area contributed by atoms with E-state index < -0.39 is 0 Å². The molecule has 0 aliphatic carbocycles. The van der Waals surface area contributed by atoms with E-state index in [0.717, 1.165) is 6.54 Å². The fourth-order valence-electron chi connectivity index (χ4n) is 1.80. The molecule has 0 aliphatic heterocycles. The molecule has 0 fully saturated rings. The lowest BCUT2D eigenvalue weighted by atomic mass is 10.0. The first-order valence-electron chi connectivity index (χ1n) is 6.88. The molecule has 0 radical (unpaired) electrons. The first kappa shape index (κ1) is 15.7. The number of carbonyl (C=O) groups is 1. The van der Waals surface area contributed by atoms with Gasteiger partial charge in [-0.25, -0.2) is 0 Å². The topological polar surface area (TPSA) is 41.1 Å². The summed E-state index contributed by atoms with van der Waals surface area (Å²) in [5, 5.41) is 6.09. The summed E-state index contributed by atoms with van der Waals surface area (Å²) in [6.07, 6.45) is 0. The van der Waals surface area contributed by atoms with E-state index in [1.807, 2.05) is 20.8 Å². The number of carbonyl (C=O) groups excluding carboxylic acids is 1. The number of benzene rings is 1. The lowest BCUT2D eigenvalue weighted by Gasteiger charge is -2.20. The smallest absolute Gasteiger partial charge is 0.234 e. The first-order chi connectivity index (χ1) is 8.78. The highest BCUT2D eigenvalue weighted by Gasteiger charge is 2.12. The maximum absolute atomic E-state index is 11.6. The van der Waals surface area contributed by atoms with Crippen molar-refractivity contribution < 1.29 is 4.79 Å². The van der Waals surface area contributed by atoms with Crippen LogP contribution in [0, 0.1) is 0 Å². The van der Waals surface area contributed by atoms with Gasteiger partial charge in [0.1, 0.15) is 0 Å². The van der Waals surface area contributed by atoms with E-state index in [9.17, 15) is 4.79 Å². The summed E-state index contributed by atoms with van der Waals surface area (Å²) >= 11 is 0. The van der Waals surface area contributed by atoms with Crippen molar-refractivity contribution in [1.82, 2.24) is 10.6 Å². The second kappa shape index (κ2) is 6.71. The van der Waals surface area contributed by atoms with Crippen LogP contribution in [0.3, 0.4) is 0 Å². The van der Waals surface area contributed by atoms with Crippen LogP contribution in [0.5, 0.6) is 0 Å². The van der Waals surface area contributed by atoms with Gasteiger partial charge in [0.2, 0.25) is 5.91 Å². The van der Waals surface area contributed by atoms with Crippen LogP contribution in [0.4, 0.5) is 0 Å². The molecule has 1 aromatic carbocycles. The Balaban J connectivity index is 2.35. The summed E-state index contributed by atoms with van der Waals surface area (Å²) < 4.78 is 0. The minimum absolute atomic E-state index is 0.0336. The van der Waals surface area contributed by atoms with Crippen LogP contribution in [0.2, 0.25) is 0 Å². The zero-order chi connectivity index (χ0) is 14.5. The summed E-state index contributed by atoms with van der Waals surface area (Å²) in [4.78, 5) is 11.6. The van der Waals surface area contributed by atoms with E-state index in [1.54, 1.807) is 0 Å². The molecule has 106 valence electrons. The Morgan fingerprint density at radius 2 is 1.74 bits per heavy atom. The van der Waals surface area contributed by atoms with Crippen molar-refractivity contribution in [3.05, 3.63) is 35.4 Å². The van der Waals surface area contributed by atoms with Crippen LogP contribution >= 0.6 is 0 Å². The SMILES string of the molecule is CC(C)c1ccc(CNCC(=O)NC(C)(C)C)cc1. The van der Waals surface area contributed by atoms with Gasteiger partial charge in [-0.3, -0.25) is 4.79 Å². The highest BCUT2D eigenvalue weighted by Crippen LogP contribution is 2.14. The Hall–Kier alpha value is -1.35. The molecule has 1 rings (SSSR count). The van der Waals surface area contributed by atoms with Crippen LogP contribution in [-0.4, -0.2) is 18.0 Å².